The smallest absolute Gasteiger partial charge is 0.357 e. The van der Waals surface area contributed by atoms with E-state index in [1.807, 2.05) is 18.7 Å². The van der Waals surface area contributed by atoms with Gasteiger partial charge in [0.15, 0.2) is 0 Å². The van der Waals surface area contributed by atoms with Crippen molar-refractivity contribution in [1.29, 1.82) is 0 Å². The first-order valence-corrected chi connectivity index (χ1v) is 7.43. The number of rotatable bonds is 5. The standard InChI is InChI=1S/C15H16ClF3N4/c1-3-23(4-2)14-8-13(20-9-21-14)22-10-5-6-12(16)11(7-10)15(17,18)19/h5-9H,3-4H2,1-2H3,(H,20,21,22). The first-order chi connectivity index (χ1) is 10.8. The van der Waals surface area contributed by atoms with Gasteiger partial charge in [-0.15, -0.1) is 0 Å². The molecule has 0 atom stereocenters. The number of aromatic nitrogens is 2. The number of alkyl halides is 3. The fraction of sp³-hybridized carbons (Fsp3) is 0.333. The maximum Gasteiger partial charge on any atom is 0.417 e. The molecule has 0 amide bonds. The number of hydrogen-bond acceptors (Lipinski definition) is 4. The van der Waals surface area contributed by atoms with Gasteiger partial charge in [-0.25, -0.2) is 9.97 Å². The molecule has 0 radical (unpaired) electrons. The van der Waals surface area contributed by atoms with Crippen molar-refractivity contribution < 1.29 is 13.2 Å². The van der Waals surface area contributed by atoms with Crippen molar-refractivity contribution >= 4 is 28.9 Å². The summed E-state index contributed by atoms with van der Waals surface area (Å²) in [7, 11) is 0. The average molecular weight is 345 g/mol. The van der Waals surface area contributed by atoms with Crippen LogP contribution in [0.3, 0.4) is 0 Å². The number of benzene rings is 1. The van der Waals surface area contributed by atoms with E-state index in [0.717, 1.165) is 19.2 Å². The predicted octanol–water partition coefficient (Wildman–Crippen LogP) is 4.74. The van der Waals surface area contributed by atoms with E-state index in [9.17, 15) is 13.2 Å². The van der Waals surface area contributed by atoms with Crippen LogP contribution in [0.5, 0.6) is 0 Å². The predicted molar refractivity (Wildman–Crippen MR) is 85.3 cm³/mol. The lowest BCUT2D eigenvalue weighted by Crippen LogP contribution is -2.23. The number of nitrogens with one attached hydrogen (secondary N) is 1. The van der Waals surface area contributed by atoms with Gasteiger partial charge in [0.25, 0.3) is 0 Å². The number of hydrogen-bond donors (Lipinski definition) is 1. The first kappa shape index (κ1) is 17.3. The number of nitrogens with zero attached hydrogens (tertiary/aromatic N) is 3. The molecule has 0 fully saturated rings. The molecule has 1 heterocycles. The summed E-state index contributed by atoms with van der Waals surface area (Å²) in [5.41, 5.74) is -0.631. The van der Waals surface area contributed by atoms with Crippen LogP contribution in [0.15, 0.2) is 30.6 Å². The Morgan fingerprint density at radius 3 is 2.43 bits per heavy atom. The molecule has 1 aromatic heterocycles. The zero-order valence-electron chi connectivity index (χ0n) is 12.7. The monoisotopic (exact) mass is 344 g/mol. The Hall–Kier alpha value is -2.02. The molecule has 0 aliphatic carbocycles. The summed E-state index contributed by atoms with van der Waals surface area (Å²) in [6.07, 6.45) is -3.14. The summed E-state index contributed by atoms with van der Waals surface area (Å²) in [6, 6.07) is 5.33. The van der Waals surface area contributed by atoms with Gasteiger partial charge >= 0.3 is 6.18 Å². The maximum atomic E-state index is 12.9. The SMILES string of the molecule is CCN(CC)c1cc(Nc2ccc(Cl)c(C(F)(F)F)c2)ncn1. The van der Waals surface area contributed by atoms with E-state index in [1.54, 1.807) is 6.07 Å². The summed E-state index contributed by atoms with van der Waals surface area (Å²) < 4.78 is 38.7. The highest BCUT2D eigenvalue weighted by molar-refractivity contribution is 6.31. The molecule has 23 heavy (non-hydrogen) atoms. The second-order valence-electron chi connectivity index (χ2n) is 4.75. The maximum absolute atomic E-state index is 12.9. The fourth-order valence-corrected chi connectivity index (χ4v) is 2.33. The van der Waals surface area contributed by atoms with Crippen molar-refractivity contribution in [3.05, 3.63) is 41.2 Å². The Bertz CT molecular complexity index is 672. The minimum absolute atomic E-state index is 0.255. The highest BCUT2D eigenvalue weighted by Crippen LogP contribution is 2.36. The van der Waals surface area contributed by atoms with Crippen LogP contribution in [0.4, 0.5) is 30.5 Å². The Kier molecular flexibility index (Phi) is 5.30. The summed E-state index contributed by atoms with van der Waals surface area (Å²) in [5, 5.41) is 2.51. The van der Waals surface area contributed by atoms with E-state index in [4.69, 9.17) is 11.6 Å². The minimum Gasteiger partial charge on any atom is -0.357 e. The van der Waals surface area contributed by atoms with E-state index in [2.05, 4.69) is 15.3 Å². The van der Waals surface area contributed by atoms with Crippen LogP contribution in [0.25, 0.3) is 0 Å². The second kappa shape index (κ2) is 7.04. The molecular formula is C15H16ClF3N4. The molecular weight excluding hydrogens is 329 g/mol. The molecule has 1 aromatic carbocycles. The third-order valence-electron chi connectivity index (χ3n) is 3.28. The summed E-state index contributed by atoms with van der Waals surface area (Å²) in [6.45, 7) is 5.53. The van der Waals surface area contributed by atoms with Gasteiger partial charge in [-0.3, -0.25) is 0 Å². The Labute approximate surface area is 137 Å². The Balaban J connectivity index is 2.28. The van der Waals surface area contributed by atoms with Crippen LogP contribution >= 0.6 is 11.6 Å². The molecule has 0 aliphatic rings. The fourth-order valence-electron chi connectivity index (χ4n) is 2.10. The van der Waals surface area contributed by atoms with Crippen molar-refractivity contribution in [1.82, 2.24) is 9.97 Å². The average Bonchev–Trinajstić information content (AvgIpc) is 2.50. The summed E-state index contributed by atoms with van der Waals surface area (Å²) >= 11 is 5.61. The van der Waals surface area contributed by atoms with Gasteiger partial charge in [0.05, 0.1) is 10.6 Å². The zero-order valence-corrected chi connectivity index (χ0v) is 13.4. The molecule has 4 nitrogen and oxygen atoms in total. The van der Waals surface area contributed by atoms with Crippen LogP contribution in [0, 0.1) is 0 Å². The molecule has 0 saturated carbocycles. The molecule has 0 unspecified atom stereocenters. The normalized spacial score (nSPS) is 11.4. The molecule has 0 saturated heterocycles. The molecule has 124 valence electrons. The van der Waals surface area contributed by atoms with Gasteiger partial charge in [-0.1, -0.05) is 11.6 Å². The highest BCUT2D eigenvalue weighted by atomic mass is 35.5. The van der Waals surface area contributed by atoms with E-state index in [1.165, 1.54) is 18.5 Å². The van der Waals surface area contributed by atoms with Crippen LogP contribution in [0.2, 0.25) is 5.02 Å². The lowest BCUT2D eigenvalue weighted by molar-refractivity contribution is -0.137. The van der Waals surface area contributed by atoms with Gasteiger partial charge in [0, 0.05) is 24.8 Å². The lowest BCUT2D eigenvalue weighted by Gasteiger charge is -2.20. The topological polar surface area (TPSA) is 41.0 Å². The highest BCUT2D eigenvalue weighted by Gasteiger charge is 2.33. The van der Waals surface area contributed by atoms with Crippen LogP contribution in [0.1, 0.15) is 19.4 Å². The quantitative estimate of drug-likeness (QED) is 0.850. The van der Waals surface area contributed by atoms with Gasteiger partial charge in [-0.2, -0.15) is 13.2 Å². The molecule has 8 heteroatoms. The van der Waals surface area contributed by atoms with E-state index >= 15 is 0 Å². The Morgan fingerprint density at radius 1 is 1.13 bits per heavy atom. The van der Waals surface area contributed by atoms with Crippen molar-refractivity contribution in [2.75, 3.05) is 23.3 Å². The molecule has 0 bridgehead atoms. The zero-order chi connectivity index (χ0) is 17.0. The first-order valence-electron chi connectivity index (χ1n) is 7.06. The van der Waals surface area contributed by atoms with Crippen LogP contribution < -0.4 is 10.2 Å². The third-order valence-corrected chi connectivity index (χ3v) is 3.61. The molecule has 2 aromatic rings. The van der Waals surface area contributed by atoms with Crippen molar-refractivity contribution in [2.45, 2.75) is 20.0 Å². The van der Waals surface area contributed by atoms with Gasteiger partial charge < -0.3 is 10.2 Å². The third kappa shape index (κ3) is 4.25. The van der Waals surface area contributed by atoms with Gasteiger partial charge in [-0.05, 0) is 32.0 Å². The van der Waals surface area contributed by atoms with Gasteiger partial charge in [0.2, 0.25) is 0 Å². The number of halogens is 4. The molecule has 0 spiro atoms. The summed E-state index contributed by atoms with van der Waals surface area (Å²) in [5.74, 6) is 1.12. The van der Waals surface area contributed by atoms with E-state index in [-0.39, 0.29) is 10.7 Å². The number of anilines is 3. The Morgan fingerprint density at radius 2 is 1.83 bits per heavy atom. The second-order valence-corrected chi connectivity index (χ2v) is 5.16. The van der Waals surface area contributed by atoms with Gasteiger partial charge in [0.1, 0.15) is 18.0 Å². The molecule has 0 aliphatic heterocycles. The molecule has 1 N–H and O–H groups in total. The van der Waals surface area contributed by atoms with Crippen LogP contribution in [-0.2, 0) is 6.18 Å². The van der Waals surface area contributed by atoms with E-state index in [0.29, 0.717) is 11.6 Å². The summed E-state index contributed by atoms with van der Waals surface area (Å²) in [4.78, 5) is 10.2. The van der Waals surface area contributed by atoms with E-state index < -0.39 is 11.7 Å². The minimum atomic E-state index is -4.51. The van der Waals surface area contributed by atoms with Crippen molar-refractivity contribution in [3.8, 4) is 0 Å². The van der Waals surface area contributed by atoms with Crippen molar-refractivity contribution in [2.24, 2.45) is 0 Å². The lowest BCUT2D eigenvalue weighted by atomic mass is 10.2. The molecule has 2 rings (SSSR count). The largest absolute Gasteiger partial charge is 0.417 e. The van der Waals surface area contributed by atoms with Crippen LogP contribution in [-0.4, -0.2) is 23.1 Å². The van der Waals surface area contributed by atoms with Crippen molar-refractivity contribution in [3.63, 3.8) is 0 Å².